The summed E-state index contributed by atoms with van der Waals surface area (Å²) in [4.78, 5) is 36.7. The van der Waals surface area contributed by atoms with E-state index in [9.17, 15) is 14.4 Å². The smallest absolute Gasteiger partial charge is 0.330 e. The number of hydrogen-bond donors (Lipinski definition) is 1. The molecule has 0 radical (unpaired) electrons. The maximum Gasteiger partial charge on any atom is 0.330 e. The third kappa shape index (κ3) is 3.05. The Labute approximate surface area is 136 Å². The molecule has 1 aromatic heterocycles. The molecule has 2 fully saturated rings. The molecule has 2 aliphatic rings. The Morgan fingerprint density at radius 1 is 1.42 bits per heavy atom. The van der Waals surface area contributed by atoms with Crippen LogP contribution in [-0.2, 0) is 23.7 Å². The van der Waals surface area contributed by atoms with Gasteiger partial charge in [-0.3, -0.25) is 14.3 Å². The third-order valence-corrected chi connectivity index (χ3v) is 3.81. The summed E-state index contributed by atoms with van der Waals surface area (Å²) in [6.45, 7) is 6.74. The number of aromatic amines is 1. The van der Waals surface area contributed by atoms with Gasteiger partial charge in [0.05, 0.1) is 0 Å². The number of carbonyl (C=O) groups excluding carboxylic acids is 1. The maximum atomic E-state index is 12.0. The molecule has 1 N–H and O–H groups in total. The number of esters is 1. The first-order chi connectivity index (χ1) is 11.3. The molecule has 4 atom stereocenters. The van der Waals surface area contributed by atoms with Crippen molar-refractivity contribution in [2.75, 3.05) is 6.61 Å². The van der Waals surface area contributed by atoms with E-state index in [1.165, 1.54) is 16.8 Å². The van der Waals surface area contributed by atoms with Crippen molar-refractivity contribution >= 4 is 5.97 Å². The predicted octanol–water partition coefficient (Wildman–Crippen LogP) is -0.317. The van der Waals surface area contributed by atoms with E-state index in [-0.39, 0.29) is 6.61 Å². The van der Waals surface area contributed by atoms with E-state index in [1.807, 2.05) is 0 Å². The number of ether oxygens (including phenoxy) is 4. The van der Waals surface area contributed by atoms with Gasteiger partial charge in [-0.05, 0) is 13.8 Å². The maximum absolute atomic E-state index is 12.0. The van der Waals surface area contributed by atoms with Crippen LogP contribution < -0.4 is 11.2 Å². The molecular formula is C15H18N2O7. The van der Waals surface area contributed by atoms with Gasteiger partial charge in [0.25, 0.3) is 5.56 Å². The van der Waals surface area contributed by atoms with Crippen LogP contribution in [-0.4, -0.2) is 46.2 Å². The number of H-pyrrole nitrogens is 1. The number of rotatable bonds is 4. The van der Waals surface area contributed by atoms with E-state index in [2.05, 4.69) is 11.6 Å². The van der Waals surface area contributed by atoms with Crippen molar-refractivity contribution in [1.82, 2.24) is 9.55 Å². The van der Waals surface area contributed by atoms with Gasteiger partial charge >= 0.3 is 11.7 Å². The van der Waals surface area contributed by atoms with Crippen molar-refractivity contribution in [2.24, 2.45) is 0 Å². The highest BCUT2D eigenvalue weighted by Crippen LogP contribution is 2.42. The zero-order valence-corrected chi connectivity index (χ0v) is 13.3. The minimum absolute atomic E-state index is 0.0694. The van der Waals surface area contributed by atoms with Crippen LogP contribution in [0.5, 0.6) is 0 Å². The molecule has 9 nitrogen and oxygen atoms in total. The minimum atomic E-state index is -0.871. The van der Waals surface area contributed by atoms with E-state index < -0.39 is 47.5 Å². The second kappa shape index (κ2) is 6.00. The van der Waals surface area contributed by atoms with Crippen LogP contribution in [0.15, 0.2) is 34.5 Å². The van der Waals surface area contributed by atoms with Crippen molar-refractivity contribution < 1.29 is 23.7 Å². The normalized spacial score (nSPS) is 30.8. The summed E-state index contributed by atoms with van der Waals surface area (Å²) in [5.74, 6) is -1.46. The number of carbonyl (C=O) groups is 1. The van der Waals surface area contributed by atoms with Crippen LogP contribution >= 0.6 is 0 Å². The standard InChI is InChI=1S/C15H18N2O7/c1-4-10(19)21-7-8-11-12(24-15(2,3)23-11)13(22-8)17-6-5-9(18)16-14(17)20/h4-6,8,11-13H,1,7H2,2-3H3,(H,16,18,20)/t8-,11-,12-,13-/m1/s1. The largest absolute Gasteiger partial charge is 0.460 e. The van der Waals surface area contributed by atoms with E-state index in [0.717, 1.165) is 6.08 Å². The molecule has 0 unspecified atom stereocenters. The molecule has 24 heavy (non-hydrogen) atoms. The molecule has 2 saturated heterocycles. The summed E-state index contributed by atoms with van der Waals surface area (Å²) in [7, 11) is 0. The zero-order chi connectivity index (χ0) is 17.5. The van der Waals surface area contributed by atoms with Gasteiger partial charge in [-0.15, -0.1) is 0 Å². The number of nitrogens with zero attached hydrogens (tertiary/aromatic N) is 1. The highest BCUT2D eigenvalue weighted by Gasteiger charge is 2.56. The summed E-state index contributed by atoms with van der Waals surface area (Å²) in [6, 6.07) is 1.21. The first-order valence-corrected chi connectivity index (χ1v) is 7.42. The van der Waals surface area contributed by atoms with E-state index in [4.69, 9.17) is 18.9 Å². The SMILES string of the molecule is C=CC(=O)OC[C@H]1O[C@@H](n2ccc(=O)[nH]c2=O)[C@@H]2OC(C)(C)O[C@@H]21. The molecule has 0 saturated carbocycles. The van der Waals surface area contributed by atoms with Crippen LogP contribution in [0.3, 0.4) is 0 Å². The van der Waals surface area contributed by atoms with Crippen molar-refractivity contribution in [2.45, 2.75) is 44.2 Å². The Hall–Kier alpha value is -2.23. The van der Waals surface area contributed by atoms with Gasteiger partial charge in [-0.1, -0.05) is 6.58 Å². The van der Waals surface area contributed by atoms with Crippen molar-refractivity contribution in [3.8, 4) is 0 Å². The Morgan fingerprint density at radius 3 is 2.79 bits per heavy atom. The fraction of sp³-hybridized carbons (Fsp3) is 0.533. The molecule has 0 spiro atoms. The zero-order valence-electron chi connectivity index (χ0n) is 13.3. The van der Waals surface area contributed by atoms with Crippen LogP contribution in [0.2, 0.25) is 0 Å². The number of nitrogens with one attached hydrogen (secondary N) is 1. The lowest BCUT2D eigenvalue weighted by Gasteiger charge is -2.24. The molecule has 0 bridgehead atoms. The first kappa shape index (κ1) is 16.6. The lowest BCUT2D eigenvalue weighted by molar-refractivity contribution is -0.202. The van der Waals surface area contributed by atoms with E-state index in [1.54, 1.807) is 13.8 Å². The molecule has 2 aliphatic heterocycles. The Kier molecular flexibility index (Phi) is 4.16. The monoisotopic (exact) mass is 338 g/mol. The second-order valence-corrected chi connectivity index (χ2v) is 5.98. The predicted molar refractivity (Wildman–Crippen MR) is 80.2 cm³/mol. The topological polar surface area (TPSA) is 109 Å². The first-order valence-electron chi connectivity index (χ1n) is 7.42. The molecule has 9 heteroatoms. The van der Waals surface area contributed by atoms with Crippen LogP contribution in [0.25, 0.3) is 0 Å². The highest BCUT2D eigenvalue weighted by molar-refractivity contribution is 5.81. The van der Waals surface area contributed by atoms with Gasteiger partial charge in [0.15, 0.2) is 12.0 Å². The Bertz CT molecular complexity index is 766. The summed E-state index contributed by atoms with van der Waals surface area (Å²) in [6.07, 6.45) is -0.169. The van der Waals surface area contributed by atoms with Gasteiger partial charge in [-0.2, -0.15) is 0 Å². The second-order valence-electron chi connectivity index (χ2n) is 5.98. The van der Waals surface area contributed by atoms with Crippen LogP contribution in [0, 0.1) is 0 Å². The number of hydrogen-bond acceptors (Lipinski definition) is 7. The molecule has 0 aliphatic carbocycles. The Morgan fingerprint density at radius 2 is 2.12 bits per heavy atom. The summed E-state index contributed by atoms with van der Waals surface area (Å²) >= 11 is 0. The highest BCUT2D eigenvalue weighted by atomic mass is 16.8. The van der Waals surface area contributed by atoms with E-state index >= 15 is 0 Å². The third-order valence-electron chi connectivity index (χ3n) is 3.81. The molecular weight excluding hydrogens is 320 g/mol. The molecule has 1 aromatic rings. The summed E-state index contributed by atoms with van der Waals surface area (Å²) < 4.78 is 23.7. The van der Waals surface area contributed by atoms with Crippen LogP contribution in [0.1, 0.15) is 20.1 Å². The summed E-state index contributed by atoms with van der Waals surface area (Å²) in [5.41, 5.74) is -1.13. The lowest BCUT2D eigenvalue weighted by Crippen LogP contribution is -2.37. The van der Waals surface area contributed by atoms with Gasteiger partial charge in [0.2, 0.25) is 0 Å². The molecule has 130 valence electrons. The fourth-order valence-electron chi connectivity index (χ4n) is 2.87. The molecule has 0 aromatic carbocycles. The van der Waals surface area contributed by atoms with Crippen molar-refractivity contribution in [3.05, 3.63) is 45.8 Å². The molecule has 3 rings (SSSR count). The van der Waals surface area contributed by atoms with Gasteiger partial charge in [0, 0.05) is 18.3 Å². The van der Waals surface area contributed by atoms with E-state index in [0.29, 0.717) is 0 Å². The Balaban J connectivity index is 1.87. The van der Waals surface area contributed by atoms with Gasteiger partial charge in [-0.25, -0.2) is 9.59 Å². The van der Waals surface area contributed by atoms with Gasteiger partial charge < -0.3 is 18.9 Å². The van der Waals surface area contributed by atoms with Crippen molar-refractivity contribution in [1.29, 1.82) is 0 Å². The molecule has 3 heterocycles. The summed E-state index contributed by atoms with van der Waals surface area (Å²) in [5, 5.41) is 0. The van der Waals surface area contributed by atoms with Gasteiger partial charge in [0.1, 0.15) is 24.9 Å². The average Bonchev–Trinajstić information content (AvgIpc) is 2.98. The molecule has 0 amide bonds. The lowest BCUT2D eigenvalue weighted by atomic mass is 10.1. The van der Waals surface area contributed by atoms with Crippen molar-refractivity contribution in [3.63, 3.8) is 0 Å². The fourth-order valence-corrected chi connectivity index (χ4v) is 2.87. The van der Waals surface area contributed by atoms with Crippen LogP contribution in [0.4, 0.5) is 0 Å². The number of fused-ring (bicyclic) bond motifs is 1. The quantitative estimate of drug-likeness (QED) is 0.592. The number of aromatic nitrogens is 2. The average molecular weight is 338 g/mol. The minimum Gasteiger partial charge on any atom is -0.460 e.